The van der Waals surface area contributed by atoms with E-state index in [1.54, 1.807) is 16.7 Å². The van der Waals surface area contributed by atoms with Crippen molar-refractivity contribution in [3.8, 4) is 0 Å². The Balaban J connectivity index is -0.0000000796. The molecule has 2 saturated carbocycles. The zero-order valence-corrected chi connectivity index (χ0v) is 98.6. The number of fused-ring (bicyclic) bond motifs is 2. The molecule has 0 aromatic rings. The van der Waals surface area contributed by atoms with Crippen LogP contribution >= 0.6 is 0 Å². The minimum absolute atomic E-state index is 0. The van der Waals surface area contributed by atoms with Gasteiger partial charge in [-0.1, -0.05) is 301 Å². The molecule has 0 spiro atoms. The van der Waals surface area contributed by atoms with Gasteiger partial charge in [-0.05, 0) is 238 Å². The molecule has 0 aromatic heterocycles. The van der Waals surface area contributed by atoms with E-state index in [0.717, 1.165) is 88.8 Å². The Morgan fingerprint density at radius 3 is 0.973 bits per heavy atom. The monoisotopic (exact) mass is 2000 g/mol. The molecule has 0 amide bonds. The summed E-state index contributed by atoms with van der Waals surface area (Å²) in [5.74, 6) is 13.1. The van der Waals surface area contributed by atoms with Crippen molar-refractivity contribution in [1.82, 2.24) is 0 Å². The van der Waals surface area contributed by atoms with Crippen molar-refractivity contribution in [3.05, 3.63) is 219 Å². The van der Waals surface area contributed by atoms with Gasteiger partial charge in [0.25, 0.3) is 0 Å². The summed E-state index contributed by atoms with van der Waals surface area (Å²) in [6, 6.07) is 0. The molecule has 111 heavy (non-hydrogen) atoms. The summed E-state index contributed by atoms with van der Waals surface area (Å²) in [6.45, 7) is 66.3. The first-order valence-electron chi connectivity index (χ1n) is 40.2. The zero-order valence-electron chi connectivity index (χ0n) is 83.7. The van der Waals surface area contributed by atoms with Gasteiger partial charge in [0.05, 0.1) is 0 Å². The molecular weight excluding hydrogens is 1800 g/mol. The van der Waals surface area contributed by atoms with Gasteiger partial charge in [-0.3, -0.25) is 0 Å². The topological polar surface area (TPSA) is 0 Å². The fourth-order valence-corrected chi connectivity index (χ4v) is 39.3. The molecule has 10 rings (SSSR count). The van der Waals surface area contributed by atoms with E-state index in [1.807, 2.05) is 52.7 Å². The van der Waals surface area contributed by atoms with Gasteiger partial charge in [-0.2, -0.15) is 0 Å². The van der Waals surface area contributed by atoms with E-state index in [-0.39, 0.29) is 223 Å². The van der Waals surface area contributed by atoms with Crippen LogP contribution in [0.4, 0.5) is 0 Å². The second-order valence-electron chi connectivity index (χ2n) is 35.4. The molecule has 0 aromatic carbocycles. The zero-order chi connectivity index (χ0) is 67.5. The van der Waals surface area contributed by atoms with E-state index < -0.39 is 32.3 Å². The Morgan fingerprint density at radius 2 is 0.685 bits per heavy atom. The van der Waals surface area contributed by atoms with Gasteiger partial charge in [0.2, 0.25) is 0 Å². The van der Waals surface area contributed by atoms with Crippen LogP contribution in [0.1, 0.15) is 304 Å². The van der Waals surface area contributed by atoms with Crippen molar-refractivity contribution in [2.45, 2.75) is 356 Å². The fraction of sp³-hybridized carbons (Fsp3) is 0.670. The normalized spacial score (nSPS) is 26.7. The molecule has 0 aliphatic heterocycles. The van der Waals surface area contributed by atoms with Gasteiger partial charge >= 0.3 is 104 Å². The molecule has 15 atom stereocenters. The molecule has 0 saturated heterocycles. The maximum atomic E-state index is 3.83. The van der Waals surface area contributed by atoms with Crippen LogP contribution < -0.4 is 0 Å². The fourth-order valence-electron chi connectivity index (χ4n) is 22.0. The smallest absolute Gasteiger partial charge is 0.358 e. The van der Waals surface area contributed by atoms with E-state index in [4.69, 9.17) is 0 Å². The Kier molecular flexibility index (Phi) is 89.8. The Morgan fingerprint density at radius 1 is 0.360 bits per heavy atom. The number of allylic oxidation sites excluding steroid dienone is 17. The predicted molar refractivity (Wildman–Crippen MR) is 525 cm³/mol. The van der Waals surface area contributed by atoms with Crippen LogP contribution in [0.3, 0.4) is 0 Å². The average molecular weight is 2010 g/mol. The third-order valence-electron chi connectivity index (χ3n) is 28.8. The summed E-state index contributed by atoms with van der Waals surface area (Å²) in [5.41, 5.74) is 9.21. The minimum atomic E-state index is -1.47. The summed E-state index contributed by atoms with van der Waals surface area (Å²) in [5, 5.41) is 15.3. The van der Waals surface area contributed by atoms with Gasteiger partial charge in [0.1, 0.15) is 32.3 Å². The third-order valence-corrected chi connectivity index (χ3v) is 45.5. The first kappa shape index (κ1) is 148. The van der Waals surface area contributed by atoms with Crippen molar-refractivity contribution < 1.29 is 104 Å². The first-order chi connectivity index (χ1) is 43.0. The van der Waals surface area contributed by atoms with Crippen molar-refractivity contribution in [2.24, 2.45) is 88.8 Å². The van der Waals surface area contributed by atoms with Crippen LogP contribution in [0.25, 0.3) is 0 Å². The standard InChI is InChI=1S/2C23H40Si.C22H38Si.C15H26Si.C4H10.16CH3.Hf.3Zr/c2*1-8-11-19-14-22(21-13-10-9-12-20(19)21)24(6,7)23-17(4)15(2)16(3)18(23)5;1-8-9-10-11-12-20-13-14-21(15-20)23(6,7)22-18(4)16(2)17(3)19(22)5;1-4-7-13-10-11-15(12-13)16(2,3)14-8-5-6-9-14;1-3-4-2;;;;;;;;;;;;;;;;;;;;/h2*15-17,19-20H,8-14H2,1-7H3;8,14,16-18,20H,1,9-13,15H2,2-7H3;8,11,13H,4-7,9-10,12H2,1-3H3;3-4H2,1-2H3;16*1H3;;;;/q;;;;;16*-1;4*+4. The van der Waals surface area contributed by atoms with Crippen LogP contribution in [0.15, 0.2) is 100 Å². The largest absolute Gasteiger partial charge is 4.00 e. The molecule has 8 heteroatoms. The quantitative estimate of drug-likeness (QED) is 0.0493. The first-order valence-corrected chi connectivity index (χ1v) is 52.2. The predicted octanol–water partition coefficient (Wildman–Crippen LogP) is 35.8. The maximum Gasteiger partial charge on any atom is 4.00 e. The number of rotatable bonds is 20. The average Bonchev–Trinajstić information content (AvgIpc) is 1.60. The Labute approximate surface area is 792 Å². The Bertz CT molecular complexity index is 2570. The number of hydrogen-bond acceptors (Lipinski definition) is 0. The number of unbranched alkanes of at least 4 members (excludes halogenated alkanes) is 3. The van der Waals surface area contributed by atoms with Gasteiger partial charge in [0, 0.05) is 0 Å². The van der Waals surface area contributed by atoms with Crippen molar-refractivity contribution in [1.29, 1.82) is 0 Å². The molecule has 646 valence electrons. The summed E-state index contributed by atoms with van der Waals surface area (Å²) in [4.78, 5) is 0. The molecular formula is C103H202HfSi4Zr3. The molecule has 0 bridgehead atoms. The van der Waals surface area contributed by atoms with Crippen LogP contribution in [0, 0.1) is 208 Å². The van der Waals surface area contributed by atoms with Gasteiger partial charge in [-0.25, -0.2) is 0 Å². The molecule has 15 unspecified atom stereocenters. The van der Waals surface area contributed by atoms with E-state index in [1.165, 1.54) is 186 Å². The van der Waals surface area contributed by atoms with Crippen molar-refractivity contribution >= 4 is 32.3 Å². The van der Waals surface area contributed by atoms with E-state index in [0.29, 0.717) is 0 Å². The van der Waals surface area contributed by atoms with Gasteiger partial charge in [-0.15, -0.1) is 6.58 Å². The summed E-state index contributed by atoms with van der Waals surface area (Å²) in [6.07, 6.45) is 50.6. The second kappa shape index (κ2) is 67.5. The third kappa shape index (κ3) is 34.9. The van der Waals surface area contributed by atoms with Crippen LogP contribution in [-0.2, 0) is 104 Å². The molecule has 0 heterocycles. The maximum absolute atomic E-state index is 3.83. The molecule has 0 radical (unpaired) electrons. The second-order valence-corrected chi connectivity index (χ2v) is 53.1. The molecule has 2 fully saturated rings. The number of hydrogen-bond donors (Lipinski definition) is 0. The van der Waals surface area contributed by atoms with E-state index in [2.05, 4.69) is 201 Å². The van der Waals surface area contributed by atoms with Crippen molar-refractivity contribution in [3.63, 3.8) is 0 Å². The summed E-state index contributed by atoms with van der Waals surface area (Å²) < 4.78 is 0. The summed E-state index contributed by atoms with van der Waals surface area (Å²) in [7, 11) is -5.54. The Hall–Kier alpha value is 2.05. The molecule has 10 aliphatic rings. The van der Waals surface area contributed by atoms with Crippen molar-refractivity contribution in [2.75, 3.05) is 0 Å². The SMILES string of the molecule is C=CCCCCC1CC=C([Si](C)(C)C2=C(C)C(C)C(C)C2C)C1.CCCC.CCCC1CC([Si](C)(C)C2=C(C)C(C)C(C)C2C)=C2CCCCC21.CCCC1CC([Si](C)(C)C2=C(C)C(C)C(C)C2C)=C2CCCCC21.CCCC1CC=C([Si](C)(C)C2=CCCC2)C1.[CH3-].[CH3-].[CH3-].[CH3-].[CH3-].[CH3-].[CH3-].[CH3-].[CH3-].[CH3-].[CH3-].[CH3-].[CH3-].[CH3-].[CH3-].[CH3-].[Hf+4].[Zr+4].[Zr+4].[Zr+4]. The summed E-state index contributed by atoms with van der Waals surface area (Å²) >= 11 is 0. The molecule has 0 nitrogen and oxygen atoms in total. The van der Waals surface area contributed by atoms with E-state index in [9.17, 15) is 0 Å². The van der Waals surface area contributed by atoms with Crippen LogP contribution in [0.5, 0.6) is 0 Å². The van der Waals surface area contributed by atoms with Gasteiger partial charge < -0.3 is 119 Å². The van der Waals surface area contributed by atoms with Crippen LogP contribution in [-0.4, -0.2) is 32.3 Å². The molecule has 0 N–H and O–H groups in total. The van der Waals surface area contributed by atoms with Crippen LogP contribution in [0.2, 0.25) is 52.4 Å². The minimum Gasteiger partial charge on any atom is -0.358 e. The van der Waals surface area contributed by atoms with E-state index >= 15 is 0 Å². The molecule has 10 aliphatic carbocycles. The van der Waals surface area contributed by atoms with Gasteiger partial charge in [0.15, 0.2) is 0 Å².